The molecule has 37 heavy (non-hydrogen) atoms. The van der Waals surface area contributed by atoms with Gasteiger partial charge < -0.3 is 14.7 Å². The first-order valence-corrected chi connectivity index (χ1v) is 13.6. The second-order valence-electron chi connectivity index (χ2n) is 9.67. The van der Waals surface area contributed by atoms with Crippen LogP contribution in [0.5, 0.6) is 5.75 Å². The van der Waals surface area contributed by atoms with Crippen molar-refractivity contribution in [2.45, 2.75) is 37.6 Å². The van der Waals surface area contributed by atoms with E-state index >= 15 is 0 Å². The van der Waals surface area contributed by atoms with Crippen molar-refractivity contribution in [2.75, 3.05) is 18.6 Å². The molecule has 0 radical (unpaired) electrons. The van der Waals surface area contributed by atoms with Crippen LogP contribution in [0.4, 0.5) is 11.4 Å². The van der Waals surface area contributed by atoms with Crippen LogP contribution in [-0.4, -0.2) is 45.9 Å². The number of rotatable bonds is 6. The van der Waals surface area contributed by atoms with Gasteiger partial charge in [0.25, 0.3) is 5.91 Å². The molecule has 3 aromatic rings. The summed E-state index contributed by atoms with van der Waals surface area (Å²) in [6, 6.07) is 19.7. The summed E-state index contributed by atoms with van der Waals surface area (Å²) in [6.07, 6.45) is 5.26. The van der Waals surface area contributed by atoms with Crippen LogP contribution >= 0.6 is 24.0 Å². The largest absolute Gasteiger partial charge is 0.497 e. The van der Waals surface area contributed by atoms with E-state index in [4.69, 9.17) is 22.1 Å². The number of hydrogen-bond acceptors (Lipinski definition) is 6. The number of thiocarbonyl (C=S) groups is 1. The highest BCUT2D eigenvalue weighted by Gasteiger charge is 2.42. The standard InChI is InChI=1S/C29H26N2O4S2/c1-35-21-9-7-18-15-20(8-6-19(18)16-21)31-24-4-2-3-22(24)23-13-17(5-10-25(23)31)14-26-28(34)30(29(36)37-26)12-11-27(32)33/h5-10,13-16,22,24H,2-4,11-12H2,1H3,(H,32,33). The number of hydrogen-bond donors (Lipinski definition) is 1. The molecule has 1 saturated carbocycles. The monoisotopic (exact) mass is 530 g/mol. The molecule has 1 aliphatic carbocycles. The zero-order chi connectivity index (χ0) is 25.7. The number of carbonyl (C=O) groups excluding carboxylic acids is 1. The minimum absolute atomic E-state index is 0.0960. The van der Waals surface area contributed by atoms with Gasteiger partial charge in [-0.2, -0.15) is 0 Å². The van der Waals surface area contributed by atoms with Crippen LogP contribution in [0.2, 0.25) is 0 Å². The molecule has 2 unspecified atom stereocenters. The number of carboxylic acid groups (broad SMARTS) is 1. The molecule has 6 rings (SSSR count). The maximum atomic E-state index is 12.9. The summed E-state index contributed by atoms with van der Waals surface area (Å²) in [6.45, 7) is 0.0960. The SMILES string of the molecule is COc1ccc2cc(N3c4ccc(C=C5SC(=S)N(CCC(=O)O)C5=O)cc4C4CCCC43)ccc2c1. The molecule has 1 amide bonds. The van der Waals surface area contributed by atoms with Crippen LogP contribution in [0, 0.1) is 0 Å². The van der Waals surface area contributed by atoms with Gasteiger partial charge in [-0.1, -0.05) is 48.6 Å². The van der Waals surface area contributed by atoms with Crippen molar-refractivity contribution in [1.29, 1.82) is 0 Å². The van der Waals surface area contributed by atoms with Crippen molar-refractivity contribution in [1.82, 2.24) is 4.90 Å². The predicted molar refractivity (Wildman–Crippen MR) is 152 cm³/mol. The third kappa shape index (κ3) is 4.28. The second-order valence-corrected chi connectivity index (χ2v) is 11.3. The first-order chi connectivity index (χ1) is 17.9. The molecule has 2 heterocycles. The molecule has 0 bridgehead atoms. The van der Waals surface area contributed by atoms with Crippen molar-refractivity contribution in [3.05, 3.63) is 70.6 Å². The highest BCUT2D eigenvalue weighted by atomic mass is 32.2. The van der Waals surface area contributed by atoms with E-state index in [2.05, 4.69) is 53.4 Å². The van der Waals surface area contributed by atoms with E-state index in [1.54, 1.807) is 7.11 Å². The van der Waals surface area contributed by atoms with Gasteiger partial charge >= 0.3 is 5.97 Å². The van der Waals surface area contributed by atoms with E-state index in [9.17, 15) is 9.59 Å². The zero-order valence-corrected chi connectivity index (χ0v) is 22.0. The number of amides is 1. The first kappa shape index (κ1) is 24.0. The Morgan fingerprint density at radius 2 is 1.95 bits per heavy atom. The summed E-state index contributed by atoms with van der Waals surface area (Å²) in [5.41, 5.74) is 4.72. The lowest BCUT2D eigenvalue weighted by Crippen LogP contribution is -2.30. The number of methoxy groups -OCH3 is 1. The average Bonchev–Trinajstić information content (AvgIpc) is 3.55. The molecule has 1 N–H and O–H groups in total. The number of carboxylic acids is 1. The third-order valence-electron chi connectivity index (χ3n) is 7.55. The molecule has 3 aromatic carbocycles. The maximum Gasteiger partial charge on any atom is 0.305 e. The Hall–Kier alpha value is -3.36. The molecular weight excluding hydrogens is 504 g/mol. The molecular formula is C29H26N2O4S2. The van der Waals surface area contributed by atoms with E-state index in [1.807, 2.05) is 12.1 Å². The Bertz CT molecular complexity index is 1480. The molecule has 2 fully saturated rings. The number of ether oxygens (including phenoxy) is 1. The van der Waals surface area contributed by atoms with Crippen LogP contribution in [0.25, 0.3) is 16.8 Å². The van der Waals surface area contributed by atoms with Gasteiger partial charge in [0.15, 0.2) is 0 Å². The van der Waals surface area contributed by atoms with Gasteiger partial charge in [0.1, 0.15) is 10.1 Å². The first-order valence-electron chi connectivity index (χ1n) is 12.4. The van der Waals surface area contributed by atoms with E-state index in [0.29, 0.717) is 21.2 Å². The number of benzene rings is 3. The fraction of sp³-hybridized carbons (Fsp3) is 0.276. The van der Waals surface area contributed by atoms with Crippen LogP contribution in [0.15, 0.2) is 59.5 Å². The number of thioether (sulfide) groups is 1. The van der Waals surface area contributed by atoms with Gasteiger partial charge in [-0.25, -0.2) is 0 Å². The van der Waals surface area contributed by atoms with E-state index in [0.717, 1.165) is 29.5 Å². The van der Waals surface area contributed by atoms with Gasteiger partial charge in [0.2, 0.25) is 0 Å². The molecule has 0 aromatic heterocycles. The number of fused-ring (bicyclic) bond motifs is 4. The highest BCUT2D eigenvalue weighted by Crippen LogP contribution is 2.53. The van der Waals surface area contributed by atoms with Gasteiger partial charge in [-0.3, -0.25) is 14.5 Å². The fourth-order valence-electron chi connectivity index (χ4n) is 5.84. The minimum Gasteiger partial charge on any atom is -0.497 e. The summed E-state index contributed by atoms with van der Waals surface area (Å²) in [5, 5.41) is 11.3. The zero-order valence-electron chi connectivity index (χ0n) is 20.3. The molecule has 3 aliphatic rings. The summed E-state index contributed by atoms with van der Waals surface area (Å²) >= 11 is 6.58. The Kier molecular flexibility index (Phi) is 6.16. The van der Waals surface area contributed by atoms with Gasteiger partial charge in [-0.15, -0.1) is 0 Å². The molecule has 6 nitrogen and oxygen atoms in total. The molecule has 2 aliphatic heterocycles. The van der Waals surface area contributed by atoms with Gasteiger partial charge in [0, 0.05) is 29.9 Å². The van der Waals surface area contributed by atoms with Crippen LogP contribution in [0.1, 0.15) is 42.7 Å². The Labute approximate surface area is 224 Å². The molecule has 8 heteroatoms. The Morgan fingerprint density at radius 3 is 2.76 bits per heavy atom. The fourth-order valence-corrected chi connectivity index (χ4v) is 7.15. The van der Waals surface area contributed by atoms with Crippen LogP contribution in [-0.2, 0) is 9.59 Å². The van der Waals surface area contributed by atoms with Crippen molar-refractivity contribution < 1.29 is 19.4 Å². The maximum absolute atomic E-state index is 12.9. The number of anilines is 2. The summed E-state index contributed by atoms with van der Waals surface area (Å²) < 4.78 is 5.79. The quantitative estimate of drug-likeness (QED) is 0.296. The van der Waals surface area contributed by atoms with Crippen molar-refractivity contribution in [2.24, 2.45) is 0 Å². The Balaban J connectivity index is 1.32. The molecule has 188 valence electrons. The van der Waals surface area contributed by atoms with Crippen molar-refractivity contribution >= 4 is 68.4 Å². The highest BCUT2D eigenvalue weighted by molar-refractivity contribution is 8.26. The third-order valence-corrected chi connectivity index (χ3v) is 8.93. The van der Waals surface area contributed by atoms with Gasteiger partial charge in [-0.05, 0) is 77.2 Å². The summed E-state index contributed by atoms with van der Waals surface area (Å²) in [5.74, 6) is 0.150. The van der Waals surface area contributed by atoms with Crippen molar-refractivity contribution in [3.63, 3.8) is 0 Å². The van der Waals surface area contributed by atoms with E-state index in [-0.39, 0.29) is 18.9 Å². The lowest BCUT2D eigenvalue weighted by atomic mass is 9.96. The summed E-state index contributed by atoms with van der Waals surface area (Å²) in [7, 11) is 1.69. The van der Waals surface area contributed by atoms with E-state index in [1.165, 1.54) is 45.4 Å². The van der Waals surface area contributed by atoms with Crippen molar-refractivity contribution in [3.8, 4) is 5.75 Å². The smallest absolute Gasteiger partial charge is 0.305 e. The minimum atomic E-state index is -0.946. The predicted octanol–water partition coefficient (Wildman–Crippen LogP) is 6.31. The molecule has 2 atom stereocenters. The summed E-state index contributed by atoms with van der Waals surface area (Å²) in [4.78, 5) is 28.2. The molecule has 1 saturated heterocycles. The lowest BCUT2D eigenvalue weighted by Gasteiger charge is -2.27. The number of carbonyl (C=O) groups is 2. The topological polar surface area (TPSA) is 70.1 Å². The van der Waals surface area contributed by atoms with Crippen LogP contribution < -0.4 is 9.64 Å². The number of nitrogens with zero attached hydrogens (tertiary/aromatic N) is 2. The van der Waals surface area contributed by atoms with Crippen LogP contribution in [0.3, 0.4) is 0 Å². The van der Waals surface area contributed by atoms with Gasteiger partial charge in [0.05, 0.1) is 18.4 Å². The Morgan fingerprint density at radius 1 is 1.14 bits per heavy atom. The average molecular weight is 531 g/mol. The number of aliphatic carboxylic acids is 1. The second kappa shape index (κ2) is 9.50. The lowest BCUT2D eigenvalue weighted by molar-refractivity contribution is -0.137. The molecule has 0 spiro atoms. The normalized spacial score (nSPS) is 21.7. The van der Waals surface area contributed by atoms with E-state index < -0.39 is 5.97 Å².